The molecule has 3 aromatic carbocycles. The maximum absolute atomic E-state index is 10.9. The first kappa shape index (κ1) is 18.7. The van der Waals surface area contributed by atoms with E-state index in [-0.39, 0.29) is 12.0 Å². The number of rotatable bonds is 7. The van der Waals surface area contributed by atoms with Crippen LogP contribution in [0.5, 0.6) is 0 Å². The van der Waals surface area contributed by atoms with Gasteiger partial charge in [-0.3, -0.25) is 0 Å². The Labute approximate surface area is 160 Å². The molecular formula is C23H24ClNO. The molecule has 0 aliphatic carbocycles. The van der Waals surface area contributed by atoms with Gasteiger partial charge in [0.25, 0.3) is 0 Å². The third kappa shape index (κ3) is 4.73. The van der Waals surface area contributed by atoms with Gasteiger partial charge in [-0.05, 0) is 28.8 Å². The van der Waals surface area contributed by atoms with E-state index >= 15 is 0 Å². The fourth-order valence-corrected chi connectivity index (χ4v) is 3.36. The van der Waals surface area contributed by atoms with E-state index in [1.54, 1.807) is 0 Å². The molecule has 0 spiro atoms. The van der Waals surface area contributed by atoms with E-state index in [9.17, 15) is 5.11 Å². The van der Waals surface area contributed by atoms with Gasteiger partial charge in [0.15, 0.2) is 0 Å². The number of aliphatic hydroxyl groups excluding tert-OH is 1. The average molecular weight is 366 g/mol. The first-order valence-corrected chi connectivity index (χ1v) is 9.29. The molecule has 0 heterocycles. The minimum atomic E-state index is -0.542. The zero-order chi connectivity index (χ0) is 18.4. The Hall–Kier alpha value is -2.13. The lowest BCUT2D eigenvalue weighted by molar-refractivity contribution is 0.0931. The van der Waals surface area contributed by atoms with Gasteiger partial charge in [-0.25, -0.2) is 0 Å². The summed E-state index contributed by atoms with van der Waals surface area (Å²) in [5, 5.41) is 15.3. The molecule has 3 aromatic rings. The van der Waals surface area contributed by atoms with Gasteiger partial charge in [0.2, 0.25) is 0 Å². The lowest BCUT2D eigenvalue weighted by Crippen LogP contribution is -2.30. The maximum Gasteiger partial charge on any atom is 0.0833 e. The highest BCUT2D eigenvalue weighted by molar-refractivity contribution is 6.30. The lowest BCUT2D eigenvalue weighted by atomic mass is 9.86. The Bertz CT molecular complexity index is 789. The topological polar surface area (TPSA) is 32.3 Å². The molecule has 0 radical (unpaired) electrons. The van der Waals surface area contributed by atoms with Crippen molar-refractivity contribution in [1.29, 1.82) is 0 Å². The van der Waals surface area contributed by atoms with Crippen molar-refractivity contribution in [2.24, 2.45) is 5.92 Å². The van der Waals surface area contributed by atoms with E-state index < -0.39 is 6.10 Å². The van der Waals surface area contributed by atoms with Crippen molar-refractivity contribution in [3.05, 3.63) is 107 Å². The summed E-state index contributed by atoms with van der Waals surface area (Å²) in [6.45, 7) is 2.80. The smallest absolute Gasteiger partial charge is 0.0833 e. The van der Waals surface area contributed by atoms with E-state index in [2.05, 4.69) is 24.4 Å². The van der Waals surface area contributed by atoms with Gasteiger partial charge in [0.1, 0.15) is 0 Å². The minimum absolute atomic E-state index is 0.00657. The van der Waals surface area contributed by atoms with Gasteiger partial charge in [0, 0.05) is 23.5 Å². The highest BCUT2D eigenvalue weighted by Gasteiger charge is 2.26. The van der Waals surface area contributed by atoms with Crippen molar-refractivity contribution in [2.75, 3.05) is 0 Å². The molecule has 3 atom stereocenters. The molecule has 0 fully saturated rings. The van der Waals surface area contributed by atoms with Crippen LogP contribution >= 0.6 is 11.6 Å². The standard InChI is InChI=1S/C23H24ClNO/c1-17(23(26)20-10-6-3-7-11-20)22(19-8-4-2-5-9-19)25-16-18-12-14-21(24)15-13-18/h2-15,17,22-23,25-26H,16H2,1H3/t17-,22+,23+/m0/s1. The second-order valence-corrected chi connectivity index (χ2v) is 7.05. The van der Waals surface area contributed by atoms with E-state index in [0.29, 0.717) is 6.54 Å². The van der Waals surface area contributed by atoms with Gasteiger partial charge < -0.3 is 10.4 Å². The van der Waals surface area contributed by atoms with Crippen LogP contribution in [0.4, 0.5) is 0 Å². The fraction of sp³-hybridized carbons (Fsp3) is 0.217. The molecule has 0 aliphatic rings. The average Bonchev–Trinajstić information content (AvgIpc) is 2.70. The third-order valence-electron chi connectivity index (χ3n) is 4.76. The van der Waals surface area contributed by atoms with Crippen molar-refractivity contribution in [2.45, 2.75) is 25.6 Å². The van der Waals surface area contributed by atoms with Crippen LogP contribution in [0, 0.1) is 5.92 Å². The SMILES string of the molecule is C[C@H]([C@@H](O)c1ccccc1)[C@@H](NCc1ccc(Cl)cc1)c1ccccc1. The molecule has 3 heteroatoms. The molecule has 0 aromatic heterocycles. The van der Waals surface area contributed by atoms with Gasteiger partial charge in [0.05, 0.1) is 6.10 Å². The van der Waals surface area contributed by atoms with Crippen LogP contribution in [0.1, 0.15) is 35.8 Å². The summed E-state index contributed by atoms with van der Waals surface area (Å²) in [7, 11) is 0. The number of hydrogen-bond acceptors (Lipinski definition) is 2. The molecule has 2 N–H and O–H groups in total. The Morgan fingerprint density at radius 3 is 1.92 bits per heavy atom. The molecule has 2 nitrogen and oxygen atoms in total. The molecule has 26 heavy (non-hydrogen) atoms. The molecular weight excluding hydrogens is 342 g/mol. The molecule has 0 amide bonds. The second-order valence-electron chi connectivity index (χ2n) is 6.61. The highest BCUT2D eigenvalue weighted by atomic mass is 35.5. The first-order valence-electron chi connectivity index (χ1n) is 8.91. The van der Waals surface area contributed by atoms with E-state index in [4.69, 9.17) is 11.6 Å². The number of hydrogen-bond donors (Lipinski definition) is 2. The first-order chi connectivity index (χ1) is 12.6. The number of nitrogens with one attached hydrogen (secondary N) is 1. The van der Waals surface area contributed by atoms with Gasteiger partial charge in [-0.1, -0.05) is 91.3 Å². The van der Waals surface area contributed by atoms with Crippen molar-refractivity contribution < 1.29 is 5.11 Å². The maximum atomic E-state index is 10.9. The quantitative estimate of drug-likeness (QED) is 0.576. The second kappa shape index (κ2) is 9.00. The molecule has 134 valence electrons. The van der Waals surface area contributed by atoms with Crippen molar-refractivity contribution in [3.63, 3.8) is 0 Å². The summed E-state index contributed by atoms with van der Waals surface area (Å²) in [5.41, 5.74) is 3.27. The molecule has 0 saturated carbocycles. The van der Waals surface area contributed by atoms with E-state index in [1.165, 1.54) is 5.56 Å². The zero-order valence-corrected chi connectivity index (χ0v) is 15.6. The van der Waals surface area contributed by atoms with Gasteiger partial charge in [-0.2, -0.15) is 0 Å². The van der Waals surface area contributed by atoms with Crippen LogP contribution in [0.25, 0.3) is 0 Å². The predicted molar refractivity (Wildman–Crippen MR) is 108 cm³/mol. The molecule has 0 bridgehead atoms. The lowest BCUT2D eigenvalue weighted by Gasteiger charge is -2.30. The molecule has 3 rings (SSSR count). The fourth-order valence-electron chi connectivity index (χ4n) is 3.23. The summed E-state index contributed by atoms with van der Waals surface area (Å²) in [6.07, 6.45) is -0.542. The summed E-state index contributed by atoms with van der Waals surface area (Å²) in [5.74, 6) is 0.00657. The van der Waals surface area contributed by atoms with E-state index in [1.807, 2.05) is 72.8 Å². The number of halogens is 1. The van der Waals surface area contributed by atoms with Crippen LogP contribution in [-0.4, -0.2) is 5.11 Å². The summed E-state index contributed by atoms with van der Waals surface area (Å²) in [4.78, 5) is 0. The van der Waals surface area contributed by atoms with Crippen molar-refractivity contribution in [3.8, 4) is 0 Å². The third-order valence-corrected chi connectivity index (χ3v) is 5.01. The van der Waals surface area contributed by atoms with Crippen LogP contribution in [0.2, 0.25) is 5.02 Å². The highest BCUT2D eigenvalue weighted by Crippen LogP contribution is 2.32. The Morgan fingerprint density at radius 2 is 1.35 bits per heavy atom. The summed E-state index contributed by atoms with van der Waals surface area (Å²) >= 11 is 5.98. The van der Waals surface area contributed by atoms with Crippen LogP contribution in [0.15, 0.2) is 84.9 Å². The number of aliphatic hydroxyl groups is 1. The largest absolute Gasteiger partial charge is 0.388 e. The summed E-state index contributed by atoms with van der Waals surface area (Å²) in [6, 6.07) is 28.0. The predicted octanol–water partition coefficient (Wildman–Crippen LogP) is 5.54. The Balaban J connectivity index is 1.80. The molecule has 0 unspecified atom stereocenters. The Morgan fingerprint density at radius 1 is 0.808 bits per heavy atom. The normalized spacial score (nSPS) is 14.6. The van der Waals surface area contributed by atoms with Crippen LogP contribution in [0.3, 0.4) is 0 Å². The number of benzene rings is 3. The van der Waals surface area contributed by atoms with Crippen molar-refractivity contribution >= 4 is 11.6 Å². The van der Waals surface area contributed by atoms with Crippen molar-refractivity contribution in [1.82, 2.24) is 5.32 Å². The van der Waals surface area contributed by atoms with Crippen LogP contribution < -0.4 is 5.32 Å². The van der Waals surface area contributed by atoms with E-state index in [0.717, 1.165) is 16.1 Å². The molecule has 0 saturated heterocycles. The van der Waals surface area contributed by atoms with Gasteiger partial charge in [-0.15, -0.1) is 0 Å². The monoisotopic (exact) mass is 365 g/mol. The summed E-state index contributed by atoms with van der Waals surface area (Å²) < 4.78 is 0. The molecule has 0 aliphatic heterocycles. The zero-order valence-electron chi connectivity index (χ0n) is 14.8. The van der Waals surface area contributed by atoms with Crippen LogP contribution in [-0.2, 0) is 6.54 Å². The van der Waals surface area contributed by atoms with Gasteiger partial charge >= 0.3 is 0 Å². The minimum Gasteiger partial charge on any atom is -0.388 e. The Kier molecular flexibility index (Phi) is 6.45.